The number of nitrogens with one attached hydrogen (secondary N) is 2. The van der Waals surface area contributed by atoms with Crippen LogP contribution in [-0.2, 0) is 6.42 Å². The molecule has 1 aliphatic rings. The van der Waals surface area contributed by atoms with Gasteiger partial charge in [0.2, 0.25) is 0 Å². The van der Waals surface area contributed by atoms with Crippen LogP contribution < -0.4 is 10.6 Å². The number of halogens is 1. The molecule has 2 aromatic rings. The number of hydrogen-bond acceptors (Lipinski definition) is 2. The summed E-state index contributed by atoms with van der Waals surface area (Å²) < 4.78 is 1.12. The Morgan fingerprint density at radius 3 is 2.84 bits per heavy atom. The van der Waals surface area contributed by atoms with E-state index < -0.39 is 0 Å². The van der Waals surface area contributed by atoms with Gasteiger partial charge in [-0.05, 0) is 41.3 Å². The van der Waals surface area contributed by atoms with Crippen LogP contribution in [0.5, 0.6) is 0 Å². The number of hydrogen-bond donors (Lipinski definition) is 2. The SMILES string of the molecule is CNc1ccc(Br)cc1[C@@H]1NCCc2ccccc21. The van der Waals surface area contributed by atoms with E-state index >= 15 is 0 Å². The van der Waals surface area contributed by atoms with Gasteiger partial charge >= 0.3 is 0 Å². The van der Waals surface area contributed by atoms with Crippen LogP contribution in [0.15, 0.2) is 46.9 Å². The quantitative estimate of drug-likeness (QED) is 0.882. The van der Waals surface area contributed by atoms with Gasteiger partial charge in [0.05, 0.1) is 6.04 Å². The van der Waals surface area contributed by atoms with E-state index in [-0.39, 0.29) is 6.04 Å². The second-order valence-corrected chi connectivity index (χ2v) is 5.73. The standard InChI is InChI=1S/C16H17BrN2/c1-18-15-7-6-12(17)10-14(15)16-13-5-3-2-4-11(13)8-9-19-16/h2-7,10,16,18-19H,8-9H2,1H3/t16-/m1/s1. The third-order valence-electron chi connectivity index (χ3n) is 3.70. The van der Waals surface area contributed by atoms with E-state index in [2.05, 4.69) is 69.0 Å². The molecule has 3 heteroatoms. The Labute approximate surface area is 122 Å². The van der Waals surface area contributed by atoms with Gasteiger partial charge < -0.3 is 10.6 Å². The van der Waals surface area contributed by atoms with Crippen LogP contribution in [0.1, 0.15) is 22.7 Å². The summed E-state index contributed by atoms with van der Waals surface area (Å²) in [7, 11) is 1.97. The van der Waals surface area contributed by atoms with Crippen LogP contribution in [0.4, 0.5) is 5.69 Å². The minimum atomic E-state index is 0.268. The van der Waals surface area contributed by atoms with Crippen molar-refractivity contribution in [1.82, 2.24) is 5.32 Å². The fourth-order valence-corrected chi connectivity index (χ4v) is 3.16. The highest BCUT2D eigenvalue weighted by Crippen LogP contribution is 2.34. The van der Waals surface area contributed by atoms with E-state index in [0.29, 0.717) is 0 Å². The number of fused-ring (bicyclic) bond motifs is 1. The summed E-state index contributed by atoms with van der Waals surface area (Å²) >= 11 is 3.58. The van der Waals surface area contributed by atoms with Crippen molar-refractivity contribution in [3.63, 3.8) is 0 Å². The molecule has 1 aliphatic heterocycles. The molecule has 0 saturated carbocycles. The Morgan fingerprint density at radius 1 is 1.16 bits per heavy atom. The van der Waals surface area contributed by atoms with Gasteiger partial charge in [-0.1, -0.05) is 40.2 Å². The Kier molecular flexibility index (Phi) is 3.58. The van der Waals surface area contributed by atoms with Gasteiger partial charge in [0.15, 0.2) is 0 Å². The van der Waals surface area contributed by atoms with E-state index in [9.17, 15) is 0 Å². The molecule has 0 saturated heterocycles. The van der Waals surface area contributed by atoms with Crippen LogP contribution in [0.25, 0.3) is 0 Å². The Balaban J connectivity index is 2.11. The van der Waals surface area contributed by atoms with Crippen molar-refractivity contribution in [1.29, 1.82) is 0 Å². The summed E-state index contributed by atoms with van der Waals surface area (Å²) in [5.41, 5.74) is 5.32. The molecule has 19 heavy (non-hydrogen) atoms. The fraction of sp³-hybridized carbons (Fsp3) is 0.250. The Hall–Kier alpha value is -1.32. The molecular formula is C16H17BrN2. The van der Waals surface area contributed by atoms with E-state index in [1.165, 1.54) is 22.4 Å². The maximum atomic E-state index is 3.63. The van der Waals surface area contributed by atoms with Crippen molar-refractivity contribution in [2.45, 2.75) is 12.5 Å². The van der Waals surface area contributed by atoms with E-state index in [1.54, 1.807) is 0 Å². The zero-order valence-electron chi connectivity index (χ0n) is 10.9. The predicted molar refractivity (Wildman–Crippen MR) is 83.7 cm³/mol. The van der Waals surface area contributed by atoms with Gasteiger partial charge in [-0.25, -0.2) is 0 Å². The molecule has 0 aromatic heterocycles. The first-order valence-corrected chi connectivity index (χ1v) is 7.37. The minimum Gasteiger partial charge on any atom is -0.388 e. The van der Waals surface area contributed by atoms with Gasteiger partial charge in [0.1, 0.15) is 0 Å². The molecule has 0 unspecified atom stereocenters. The smallest absolute Gasteiger partial charge is 0.0600 e. The highest BCUT2D eigenvalue weighted by molar-refractivity contribution is 9.10. The third-order valence-corrected chi connectivity index (χ3v) is 4.20. The monoisotopic (exact) mass is 316 g/mol. The molecule has 0 spiro atoms. The van der Waals surface area contributed by atoms with Crippen LogP contribution >= 0.6 is 15.9 Å². The second kappa shape index (κ2) is 5.35. The molecule has 98 valence electrons. The van der Waals surface area contributed by atoms with Crippen molar-refractivity contribution < 1.29 is 0 Å². The average Bonchev–Trinajstić information content (AvgIpc) is 2.46. The highest BCUT2D eigenvalue weighted by atomic mass is 79.9. The molecule has 0 radical (unpaired) electrons. The molecule has 2 aromatic carbocycles. The third kappa shape index (κ3) is 2.40. The van der Waals surface area contributed by atoms with Gasteiger partial charge in [-0.15, -0.1) is 0 Å². The number of anilines is 1. The van der Waals surface area contributed by atoms with Crippen LogP contribution in [0, 0.1) is 0 Å². The summed E-state index contributed by atoms with van der Waals surface area (Å²) in [5, 5.41) is 6.92. The zero-order chi connectivity index (χ0) is 13.2. The molecule has 1 atom stereocenters. The molecule has 0 fully saturated rings. The van der Waals surface area contributed by atoms with Crippen LogP contribution in [0.2, 0.25) is 0 Å². The first-order valence-electron chi connectivity index (χ1n) is 6.58. The molecule has 2 N–H and O–H groups in total. The molecule has 3 rings (SSSR count). The highest BCUT2D eigenvalue weighted by Gasteiger charge is 2.22. The summed E-state index contributed by atoms with van der Waals surface area (Å²) in [6.45, 7) is 1.03. The lowest BCUT2D eigenvalue weighted by molar-refractivity contribution is 0.568. The van der Waals surface area contributed by atoms with Crippen LogP contribution in [0.3, 0.4) is 0 Å². The summed E-state index contributed by atoms with van der Waals surface area (Å²) in [6, 6.07) is 15.4. The number of rotatable bonds is 2. The van der Waals surface area contributed by atoms with E-state index in [4.69, 9.17) is 0 Å². The van der Waals surface area contributed by atoms with Gasteiger partial charge in [-0.2, -0.15) is 0 Å². The molecule has 0 bridgehead atoms. The lowest BCUT2D eigenvalue weighted by Gasteiger charge is -2.29. The van der Waals surface area contributed by atoms with Gasteiger partial charge in [0.25, 0.3) is 0 Å². The lowest BCUT2D eigenvalue weighted by Crippen LogP contribution is -2.31. The topological polar surface area (TPSA) is 24.1 Å². The summed E-state index contributed by atoms with van der Waals surface area (Å²) in [6.07, 6.45) is 1.11. The predicted octanol–water partition coefficient (Wildman–Crippen LogP) is 3.73. The first-order chi connectivity index (χ1) is 9.29. The Morgan fingerprint density at radius 2 is 2.00 bits per heavy atom. The summed E-state index contributed by atoms with van der Waals surface area (Å²) in [5.74, 6) is 0. The van der Waals surface area contributed by atoms with Gasteiger partial charge in [0, 0.05) is 23.8 Å². The molecule has 0 amide bonds. The molecular weight excluding hydrogens is 300 g/mol. The maximum absolute atomic E-state index is 3.63. The number of benzene rings is 2. The van der Waals surface area contributed by atoms with E-state index in [1.807, 2.05) is 7.05 Å². The molecule has 0 aliphatic carbocycles. The maximum Gasteiger partial charge on any atom is 0.0600 e. The van der Waals surface area contributed by atoms with Crippen molar-refractivity contribution in [3.8, 4) is 0 Å². The van der Waals surface area contributed by atoms with Crippen LogP contribution in [-0.4, -0.2) is 13.6 Å². The first kappa shape index (κ1) is 12.7. The van der Waals surface area contributed by atoms with Gasteiger partial charge in [-0.3, -0.25) is 0 Å². The second-order valence-electron chi connectivity index (χ2n) is 4.82. The molecule has 2 nitrogen and oxygen atoms in total. The minimum absolute atomic E-state index is 0.268. The van der Waals surface area contributed by atoms with Crippen molar-refractivity contribution in [3.05, 3.63) is 63.6 Å². The van der Waals surface area contributed by atoms with E-state index in [0.717, 1.165) is 17.4 Å². The average molecular weight is 317 g/mol. The van der Waals surface area contributed by atoms with Crippen molar-refractivity contribution >= 4 is 21.6 Å². The normalized spacial score (nSPS) is 17.9. The molecule has 1 heterocycles. The largest absolute Gasteiger partial charge is 0.388 e. The Bertz CT molecular complexity index is 595. The lowest BCUT2D eigenvalue weighted by atomic mass is 9.89. The van der Waals surface area contributed by atoms with Crippen molar-refractivity contribution in [2.24, 2.45) is 0 Å². The summed E-state index contributed by atoms with van der Waals surface area (Å²) in [4.78, 5) is 0. The van der Waals surface area contributed by atoms with Crippen molar-refractivity contribution in [2.75, 3.05) is 18.9 Å². The fourth-order valence-electron chi connectivity index (χ4n) is 2.78. The zero-order valence-corrected chi connectivity index (χ0v) is 12.5.